The van der Waals surface area contributed by atoms with Crippen molar-refractivity contribution in [3.63, 3.8) is 0 Å². The standard InChI is InChI=1S/C14H21NO17S2/c1-4(16)15-8-11(31-14-9(18)5(17)2-6(30-14)12(19)20)10(32-34(25,26)27)7(29-13(8)21)3-28-33(22,23)24/h2,5,7-11,13-14,17-18,21H,3H2,1H3,(H,15,16)(H,19,20)(H,22,23,24)(H,25,26,27)/t5-,7+,8+,9+,10-,11+,13?,14-/m0/s1. The van der Waals surface area contributed by atoms with Gasteiger partial charge in [0.15, 0.2) is 6.29 Å². The predicted molar refractivity (Wildman–Crippen MR) is 99.9 cm³/mol. The molecular weight excluding hydrogens is 518 g/mol. The van der Waals surface area contributed by atoms with Gasteiger partial charge in [-0.2, -0.15) is 16.8 Å². The van der Waals surface area contributed by atoms with Gasteiger partial charge in [-0.1, -0.05) is 0 Å². The van der Waals surface area contributed by atoms with Gasteiger partial charge in [0, 0.05) is 6.92 Å². The first-order valence-electron chi connectivity index (χ1n) is 9.00. The van der Waals surface area contributed by atoms with Crippen LogP contribution in [0.2, 0.25) is 0 Å². The van der Waals surface area contributed by atoms with Gasteiger partial charge in [-0.3, -0.25) is 13.9 Å². The third kappa shape index (κ3) is 7.78. The second kappa shape index (κ2) is 10.7. The van der Waals surface area contributed by atoms with Crippen LogP contribution in [0.4, 0.5) is 0 Å². The summed E-state index contributed by atoms with van der Waals surface area (Å²) in [6.45, 7) is -0.267. The molecule has 8 atom stereocenters. The fourth-order valence-corrected chi connectivity index (χ4v) is 3.87. The Balaban J connectivity index is 2.47. The summed E-state index contributed by atoms with van der Waals surface area (Å²) in [6.07, 6.45) is -13.6. The Labute approximate surface area is 191 Å². The highest BCUT2D eigenvalue weighted by Gasteiger charge is 2.52. The molecule has 0 spiro atoms. The quantitative estimate of drug-likeness (QED) is 0.136. The summed E-state index contributed by atoms with van der Waals surface area (Å²) >= 11 is 0. The van der Waals surface area contributed by atoms with E-state index >= 15 is 0 Å². The average Bonchev–Trinajstić information content (AvgIpc) is 2.66. The van der Waals surface area contributed by atoms with Crippen LogP contribution in [0, 0.1) is 0 Å². The molecule has 2 aliphatic rings. The molecule has 18 nitrogen and oxygen atoms in total. The zero-order valence-corrected chi connectivity index (χ0v) is 18.5. The molecule has 0 aromatic carbocycles. The summed E-state index contributed by atoms with van der Waals surface area (Å²) in [5, 5.41) is 41.5. The lowest BCUT2D eigenvalue weighted by Gasteiger charge is -2.45. The van der Waals surface area contributed by atoms with Crippen LogP contribution in [0.3, 0.4) is 0 Å². The molecular formula is C14H21NO17S2. The highest BCUT2D eigenvalue weighted by Crippen LogP contribution is 2.30. The molecule has 2 aliphatic heterocycles. The number of amides is 1. The lowest BCUT2D eigenvalue weighted by Crippen LogP contribution is -2.67. The minimum absolute atomic E-state index is 0.617. The topological polar surface area (TPSA) is 282 Å². The number of hydrogen-bond donors (Lipinski definition) is 7. The summed E-state index contributed by atoms with van der Waals surface area (Å²) in [4.78, 5) is 22.8. The molecule has 34 heavy (non-hydrogen) atoms. The molecule has 2 rings (SSSR count). The second-order valence-electron chi connectivity index (χ2n) is 6.90. The normalized spacial score (nSPS) is 34.6. The molecule has 7 N–H and O–H groups in total. The van der Waals surface area contributed by atoms with Crippen molar-refractivity contribution in [2.24, 2.45) is 0 Å². The number of carbonyl (C=O) groups is 2. The Morgan fingerprint density at radius 2 is 1.71 bits per heavy atom. The molecule has 20 heteroatoms. The molecule has 0 saturated carbocycles. The Morgan fingerprint density at radius 1 is 1.09 bits per heavy atom. The third-order valence-corrected chi connectivity index (χ3v) is 5.24. The maximum absolute atomic E-state index is 11.6. The van der Waals surface area contributed by atoms with Crippen LogP contribution in [0.1, 0.15) is 6.92 Å². The average molecular weight is 539 g/mol. The van der Waals surface area contributed by atoms with Gasteiger partial charge in [0.25, 0.3) is 0 Å². The number of aliphatic hydroxyl groups is 3. The maximum atomic E-state index is 11.6. The van der Waals surface area contributed by atoms with Crippen molar-refractivity contribution in [3.8, 4) is 0 Å². The molecule has 0 aliphatic carbocycles. The van der Waals surface area contributed by atoms with E-state index < -0.39 is 94.2 Å². The number of carboxylic acids is 1. The van der Waals surface area contributed by atoms with E-state index in [-0.39, 0.29) is 0 Å². The van der Waals surface area contributed by atoms with Gasteiger partial charge < -0.3 is 40.0 Å². The highest BCUT2D eigenvalue weighted by molar-refractivity contribution is 7.81. The van der Waals surface area contributed by atoms with Crippen LogP contribution in [0.25, 0.3) is 0 Å². The number of ether oxygens (including phenoxy) is 3. The van der Waals surface area contributed by atoms with Crippen molar-refractivity contribution in [1.29, 1.82) is 0 Å². The van der Waals surface area contributed by atoms with Gasteiger partial charge in [-0.05, 0) is 6.08 Å². The Kier molecular flexibility index (Phi) is 8.93. The van der Waals surface area contributed by atoms with Crippen molar-refractivity contribution in [3.05, 3.63) is 11.8 Å². The first-order valence-corrected chi connectivity index (χ1v) is 11.7. The molecule has 2 heterocycles. The van der Waals surface area contributed by atoms with E-state index in [1.165, 1.54) is 0 Å². The number of aliphatic hydroxyl groups excluding tert-OH is 3. The van der Waals surface area contributed by atoms with Crippen LogP contribution in [-0.4, -0.2) is 114 Å². The largest absolute Gasteiger partial charge is 0.475 e. The number of carboxylic acid groups (broad SMARTS) is 1. The zero-order valence-electron chi connectivity index (χ0n) is 16.9. The smallest absolute Gasteiger partial charge is 0.397 e. The molecule has 0 aromatic rings. The molecule has 1 amide bonds. The fourth-order valence-electron chi connectivity index (χ4n) is 3.05. The second-order valence-corrected chi connectivity index (χ2v) is 9.04. The van der Waals surface area contributed by atoms with E-state index in [4.69, 9.17) is 28.4 Å². The van der Waals surface area contributed by atoms with Crippen LogP contribution < -0.4 is 5.32 Å². The Bertz CT molecular complexity index is 1010. The number of carbonyl (C=O) groups excluding carboxylic acids is 1. The van der Waals surface area contributed by atoms with Gasteiger partial charge in [0.2, 0.25) is 18.0 Å². The van der Waals surface area contributed by atoms with E-state index in [0.717, 1.165) is 6.92 Å². The Morgan fingerprint density at radius 3 is 2.21 bits per heavy atom. The third-order valence-electron chi connectivity index (χ3n) is 4.35. The number of aliphatic carboxylic acids is 1. The van der Waals surface area contributed by atoms with Crippen molar-refractivity contribution in [2.75, 3.05) is 6.61 Å². The minimum atomic E-state index is -5.38. The van der Waals surface area contributed by atoms with Crippen LogP contribution in [0.5, 0.6) is 0 Å². The molecule has 196 valence electrons. The van der Waals surface area contributed by atoms with Crippen LogP contribution in [0.15, 0.2) is 11.8 Å². The Hall–Kier alpha value is -1.98. The van der Waals surface area contributed by atoms with Crippen LogP contribution >= 0.6 is 0 Å². The van der Waals surface area contributed by atoms with Crippen LogP contribution in [-0.2, 0) is 53.0 Å². The van der Waals surface area contributed by atoms with Crippen molar-refractivity contribution in [1.82, 2.24) is 5.32 Å². The van der Waals surface area contributed by atoms with Gasteiger partial charge in [0.1, 0.15) is 36.6 Å². The van der Waals surface area contributed by atoms with E-state index in [9.17, 15) is 41.7 Å². The fraction of sp³-hybridized carbons (Fsp3) is 0.714. The summed E-state index contributed by atoms with van der Waals surface area (Å²) < 4.78 is 86.3. The summed E-state index contributed by atoms with van der Waals surface area (Å²) in [5.74, 6) is -3.45. The molecule has 0 bridgehead atoms. The van der Waals surface area contributed by atoms with Crippen molar-refractivity contribution >= 4 is 32.7 Å². The van der Waals surface area contributed by atoms with E-state index in [1.807, 2.05) is 0 Å². The lowest BCUT2D eigenvalue weighted by atomic mass is 9.96. The van der Waals surface area contributed by atoms with E-state index in [1.54, 1.807) is 0 Å². The SMILES string of the molecule is CC(=O)N[C@H]1C(O)O[C@H](COS(=O)(=O)O)[C@H](OS(=O)(=O)O)[C@@H]1O[C@@H]1OC(C(=O)O)=C[C@H](O)[C@H]1O. The lowest BCUT2D eigenvalue weighted by molar-refractivity contribution is -0.297. The molecule has 1 unspecified atom stereocenters. The summed E-state index contributed by atoms with van der Waals surface area (Å²) in [6, 6.07) is -1.77. The molecule has 1 fully saturated rings. The van der Waals surface area contributed by atoms with Crippen molar-refractivity contribution < 1.29 is 78.5 Å². The first kappa shape index (κ1) is 28.3. The van der Waals surface area contributed by atoms with E-state index in [0.29, 0.717) is 6.08 Å². The van der Waals surface area contributed by atoms with Gasteiger partial charge in [-0.25, -0.2) is 13.2 Å². The highest BCUT2D eigenvalue weighted by atomic mass is 32.3. The summed E-state index contributed by atoms with van der Waals surface area (Å²) in [7, 11) is -10.5. The van der Waals surface area contributed by atoms with Gasteiger partial charge in [0.05, 0.1) is 6.61 Å². The number of rotatable bonds is 9. The first-order chi connectivity index (χ1) is 15.5. The maximum Gasteiger partial charge on any atom is 0.397 e. The molecule has 1 saturated heterocycles. The zero-order chi connectivity index (χ0) is 26.0. The monoisotopic (exact) mass is 539 g/mol. The van der Waals surface area contributed by atoms with Crippen molar-refractivity contribution in [2.45, 2.75) is 56.1 Å². The van der Waals surface area contributed by atoms with Gasteiger partial charge in [-0.15, -0.1) is 0 Å². The van der Waals surface area contributed by atoms with Gasteiger partial charge >= 0.3 is 26.8 Å². The number of hydrogen-bond acceptors (Lipinski definition) is 14. The molecule has 0 aromatic heterocycles. The summed E-state index contributed by atoms with van der Waals surface area (Å²) in [5.41, 5.74) is 0. The predicted octanol–water partition coefficient (Wildman–Crippen LogP) is -4.35. The minimum Gasteiger partial charge on any atom is -0.475 e. The van der Waals surface area contributed by atoms with E-state index in [2.05, 4.69) is 13.7 Å². The molecule has 0 radical (unpaired) electrons. The number of nitrogens with one attached hydrogen (secondary N) is 1.